The van der Waals surface area contributed by atoms with Crippen LogP contribution >= 0.6 is 23.7 Å². The summed E-state index contributed by atoms with van der Waals surface area (Å²) in [6.07, 6.45) is 3.37. The Labute approximate surface area is 109 Å². The Kier molecular flexibility index (Phi) is 4.48. The topological polar surface area (TPSA) is 65.2 Å². The highest BCUT2D eigenvalue weighted by atomic mass is 35.5. The number of thiophene rings is 1. The number of carbonyl (C=O) groups excluding carboxylic acids is 1. The number of aromatic nitrogens is 1. The zero-order chi connectivity index (χ0) is 11.5. The van der Waals surface area contributed by atoms with Crippen molar-refractivity contribution in [3.05, 3.63) is 35.5 Å². The summed E-state index contributed by atoms with van der Waals surface area (Å²) in [5.41, 5.74) is 7.79. The molecule has 2 aromatic heterocycles. The molecular weight excluding hydrogens is 260 g/mol. The molecule has 2 N–H and O–H groups in total. The number of halogens is 1. The predicted molar refractivity (Wildman–Crippen MR) is 70.5 cm³/mol. The van der Waals surface area contributed by atoms with Gasteiger partial charge in [0, 0.05) is 28.9 Å². The van der Waals surface area contributed by atoms with Crippen LogP contribution < -0.4 is 5.73 Å². The highest BCUT2D eigenvalue weighted by Crippen LogP contribution is 2.33. The zero-order valence-corrected chi connectivity index (χ0v) is 10.7. The average Bonchev–Trinajstić information content (AvgIpc) is 2.71. The molecule has 6 heteroatoms. The first-order valence-electron chi connectivity index (χ1n) is 4.59. The molecule has 0 aliphatic carbocycles. The molecule has 17 heavy (non-hydrogen) atoms. The first kappa shape index (κ1) is 13.5. The van der Waals surface area contributed by atoms with Crippen LogP contribution in [0.1, 0.15) is 10.4 Å². The van der Waals surface area contributed by atoms with Gasteiger partial charge in [0.25, 0.3) is 0 Å². The minimum Gasteiger partial charge on any atom is -0.465 e. The van der Waals surface area contributed by atoms with Gasteiger partial charge < -0.3 is 10.5 Å². The van der Waals surface area contributed by atoms with E-state index in [0.717, 1.165) is 11.1 Å². The second-order valence-corrected chi connectivity index (χ2v) is 4.03. The van der Waals surface area contributed by atoms with E-state index >= 15 is 0 Å². The number of esters is 1. The number of rotatable bonds is 2. The van der Waals surface area contributed by atoms with Crippen molar-refractivity contribution in [1.29, 1.82) is 0 Å². The molecule has 2 rings (SSSR count). The van der Waals surface area contributed by atoms with E-state index in [1.807, 2.05) is 17.5 Å². The van der Waals surface area contributed by atoms with Crippen molar-refractivity contribution in [2.75, 3.05) is 12.8 Å². The van der Waals surface area contributed by atoms with Gasteiger partial charge in [0.2, 0.25) is 0 Å². The minimum atomic E-state index is -0.419. The van der Waals surface area contributed by atoms with Crippen molar-refractivity contribution in [2.45, 2.75) is 0 Å². The number of ether oxygens (including phenoxy) is 1. The number of nitrogens with zero attached hydrogens (tertiary/aromatic N) is 1. The van der Waals surface area contributed by atoms with E-state index in [1.54, 1.807) is 12.4 Å². The molecule has 0 fully saturated rings. The maximum Gasteiger partial charge on any atom is 0.341 e. The molecule has 2 aromatic rings. The summed E-state index contributed by atoms with van der Waals surface area (Å²) in [6, 6.07) is 3.69. The van der Waals surface area contributed by atoms with Crippen LogP contribution in [0, 0.1) is 0 Å². The highest BCUT2D eigenvalue weighted by molar-refractivity contribution is 7.14. The molecule has 0 spiro atoms. The zero-order valence-electron chi connectivity index (χ0n) is 9.04. The molecule has 0 radical (unpaired) electrons. The molecule has 0 bridgehead atoms. The Morgan fingerprint density at radius 2 is 2.29 bits per heavy atom. The molecule has 2 heterocycles. The van der Waals surface area contributed by atoms with Crippen molar-refractivity contribution in [3.8, 4) is 11.1 Å². The number of nitrogen functional groups attached to an aromatic ring is 1. The van der Waals surface area contributed by atoms with Gasteiger partial charge in [0.05, 0.1) is 7.11 Å². The first-order valence-corrected chi connectivity index (χ1v) is 5.47. The van der Waals surface area contributed by atoms with Crippen molar-refractivity contribution in [1.82, 2.24) is 4.98 Å². The maximum atomic E-state index is 11.6. The Bertz CT molecular complexity index is 513. The Hall–Kier alpha value is -1.59. The number of hydrogen-bond donors (Lipinski definition) is 1. The smallest absolute Gasteiger partial charge is 0.341 e. The van der Waals surface area contributed by atoms with Gasteiger partial charge >= 0.3 is 5.97 Å². The average molecular weight is 271 g/mol. The lowest BCUT2D eigenvalue weighted by Gasteiger charge is -2.02. The van der Waals surface area contributed by atoms with Crippen molar-refractivity contribution in [2.24, 2.45) is 0 Å². The van der Waals surface area contributed by atoms with E-state index in [0.29, 0.717) is 10.6 Å². The second-order valence-electron chi connectivity index (χ2n) is 3.12. The van der Waals surface area contributed by atoms with Crippen LogP contribution in [-0.2, 0) is 4.74 Å². The van der Waals surface area contributed by atoms with E-state index in [9.17, 15) is 4.79 Å². The molecule has 0 atom stereocenters. The highest BCUT2D eigenvalue weighted by Gasteiger charge is 2.18. The number of nitrogens with two attached hydrogens (primary N) is 1. The number of carbonyl (C=O) groups is 1. The van der Waals surface area contributed by atoms with Crippen molar-refractivity contribution >= 4 is 34.7 Å². The molecule has 0 aliphatic rings. The van der Waals surface area contributed by atoms with Crippen LogP contribution in [0.5, 0.6) is 0 Å². The van der Waals surface area contributed by atoms with E-state index in [4.69, 9.17) is 10.5 Å². The van der Waals surface area contributed by atoms with Gasteiger partial charge in [-0.25, -0.2) is 4.79 Å². The number of hydrogen-bond acceptors (Lipinski definition) is 5. The summed E-state index contributed by atoms with van der Waals surface area (Å²) in [6.45, 7) is 0. The predicted octanol–water partition coefficient (Wildman–Crippen LogP) is 2.60. The Balaban J connectivity index is 0.00000144. The quantitative estimate of drug-likeness (QED) is 0.852. The van der Waals surface area contributed by atoms with Crippen LogP contribution in [0.15, 0.2) is 29.9 Å². The number of anilines is 1. The third-order valence-corrected chi connectivity index (χ3v) is 2.99. The normalized spacial score (nSPS) is 9.47. The maximum absolute atomic E-state index is 11.6. The standard InChI is InChI=1S/C11H10N2O2S.ClH/c1-15-11(14)9-8(6-16-10(9)12)7-3-2-4-13-5-7;/h2-6H,12H2,1H3;1H. The van der Waals surface area contributed by atoms with E-state index in [2.05, 4.69) is 4.98 Å². The van der Waals surface area contributed by atoms with Crippen LogP contribution in [0.3, 0.4) is 0 Å². The summed E-state index contributed by atoms with van der Waals surface area (Å²) in [5.74, 6) is -0.419. The molecule has 90 valence electrons. The molecule has 0 unspecified atom stereocenters. The Morgan fingerprint density at radius 3 is 2.88 bits per heavy atom. The summed E-state index contributed by atoms with van der Waals surface area (Å²) in [4.78, 5) is 15.6. The fourth-order valence-electron chi connectivity index (χ4n) is 1.42. The number of pyridine rings is 1. The van der Waals surface area contributed by atoms with Crippen molar-refractivity contribution < 1.29 is 9.53 Å². The lowest BCUT2D eigenvalue weighted by Crippen LogP contribution is -2.04. The lowest BCUT2D eigenvalue weighted by atomic mass is 10.1. The summed E-state index contributed by atoms with van der Waals surface area (Å²) in [7, 11) is 1.34. The summed E-state index contributed by atoms with van der Waals surface area (Å²) in [5, 5.41) is 2.30. The Morgan fingerprint density at radius 1 is 1.53 bits per heavy atom. The van der Waals surface area contributed by atoms with E-state index in [1.165, 1.54) is 18.4 Å². The van der Waals surface area contributed by atoms with Crippen molar-refractivity contribution in [3.63, 3.8) is 0 Å². The third-order valence-electron chi connectivity index (χ3n) is 2.18. The molecular formula is C11H11ClN2O2S. The molecule has 0 amide bonds. The van der Waals surface area contributed by atoms with Gasteiger partial charge in [-0.2, -0.15) is 0 Å². The van der Waals surface area contributed by atoms with Crippen LogP contribution in [0.4, 0.5) is 5.00 Å². The number of methoxy groups -OCH3 is 1. The second kappa shape index (κ2) is 5.65. The van der Waals surface area contributed by atoms with Gasteiger partial charge in [-0.05, 0) is 6.07 Å². The fraction of sp³-hybridized carbons (Fsp3) is 0.0909. The monoisotopic (exact) mass is 270 g/mol. The van der Waals surface area contributed by atoms with Gasteiger partial charge in [-0.1, -0.05) is 6.07 Å². The molecule has 0 aliphatic heterocycles. The minimum absolute atomic E-state index is 0. The van der Waals surface area contributed by atoms with Crippen LogP contribution in [0.2, 0.25) is 0 Å². The lowest BCUT2D eigenvalue weighted by molar-refractivity contribution is 0.0603. The van der Waals surface area contributed by atoms with Gasteiger partial charge in [-0.15, -0.1) is 23.7 Å². The molecule has 0 saturated heterocycles. The molecule has 4 nitrogen and oxygen atoms in total. The fourth-order valence-corrected chi connectivity index (χ4v) is 2.23. The van der Waals surface area contributed by atoms with E-state index < -0.39 is 5.97 Å². The molecule has 0 saturated carbocycles. The largest absolute Gasteiger partial charge is 0.465 e. The summed E-state index contributed by atoms with van der Waals surface area (Å²) >= 11 is 1.32. The first-order chi connectivity index (χ1) is 7.74. The van der Waals surface area contributed by atoms with Gasteiger partial charge in [0.15, 0.2) is 0 Å². The van der Waals surface area contributed by atoms with Crippen LogP contribution in [-0.4, -0.2) is 18.1 Å². The van der Waals surface area contributed by atoms with Gasteiger partial charge in [0.1, 0.15) is 10.6 Å². The summed E-state index contributed by atoms with van der Waals surface area (Å²) < 4.78 is 4.70. The van der Waals surface area contributed by atoms with Crippen LogP contribution in [0.25, 0.3) is 11.1 Å². The SMILES string of the molecule is COC(=O)c1c(-c2cccnc2)csc1N.Cl. The van der Waals surface area contributed by atoms with Gasteiger partial charge in [-0.3, -0.25) is 4.98 Å². The van der Waals surface area contributed by atoms with E-state index in [-0.39, 0.29) is 12.4 Å². The molecule has 0 aromatic carbocycles. The third kappa shape index (κ3) is 2.57.